The number of benzene rings is 1. The summed E-state index contributed by atoms with van der Waals surface area (Å²) in [6.07, 6.45) is 0. The molecule has 102 valence electrons. The molecular formula is C14H18N2O2S. The number of hydrogen-bond acceptors (Lipinski definition) is 4. The Kier molecular flexibility index (Phi) is 5.40. The average molecular weight is 278 g/mol. The normalized spacial score (nSPS) is 10.9. The molecule has 0 fully saturated rings. The fourth-order valence-electron chi connectivity index (χ4n) is 1.74. The highest BCUT2D eigenvalue weighted by molar-refractivity contribution is 7.99. The number of hydrogen-bond donors (Lipinski definition) is 1. The number of nitrogens with zero attached hydrogens (tertiary/aromatic N) is 2. The van der Waals surface area contributed by atoms with Crippen LogP contribution in [0.15, 0.2) is 29.2 Å². The van der Waals surface area contributed by atoms with Gasteiger partial charge in [-0.2, -0.15) is 5.26 Å². The van der Waals surface area contributed by atoms with Crippen LogP contribution in [0.1, 0.15) is 24.2 Å². The van der Waals surface area contributed by atoms with E-state index in [1.807, 2.05) is 18.2 Å². The van der Waals surface area contributed by atoms with Crippen molar-refractivity contribution >= 4 is 17.7 Å². The average Bonchev–Trinajstić information content (AvgIpc) is 2.33. The maximum atomic E-state index is 12.3. The minimum Gasteiger partial charge on any atom is -0.389 e. The summed E-state index contributed by atoms with van der Waals surface area (Å²) < 4.78 is 0. The van der Waals surface area contributed by atoms with Gasteiger partial charge in [-0.05, 0) is 26.0 Å². The number of carbonyl (C=O) groups is 1. The third kappa shape index (κ3) is 4.93. The van der Waals surface area contributed by atoms with Gasteiger partial charge in [0.25, 0.3) is 5.91 Å². The van der Waals surface area contributed by atoms with Crippen LogP contribution >= 0.6 is 11.8 Å². The fraction of sp³-hybridized carbons (Fsp3) is 0.429. The SMILES string of the molecule is CN(CC(C)(C)O)C(=O)c1ccccc1SCC#N. The quantitative estimate of drug-likeness (QED) is 0.838. The lowest BCUT2D eigenvalue weighted by Gasteiger charge is -2.26. The van der Waals surface area contributed by atoms with Gasteiger partial charge in [-0.15, -0.1) is 11.8 Å². The van der Waals surface area contributed by atoms with Crippen molar-refractivity contribution in [2.45, 2.75) is 24.3 Å². The molecule has 0 unspecified atom stereocenters. The standard InChI is InChI=1S/C14H18N2O2S/c1-14(2,18)10-16(3)13(17)11-6-4-5-7-12(11)19-9-8-15/h4-7,18H,9-10H2,1-3H3. The zero-order valence-corrected chi connectivity index (χ0v) is 12.2. The number of amides is 1. The molecule has 0 spiro atoms. The predicted octanol–water partition coefficient (Wildman–Crippen LogP) is 2.15. The van der Waals surface area contributed by atoms with Gasteiger partial charge in [-0.3, -0.25) is 4.79 Å². The summed E-state index contributed by atoms with van der Waals surface area (Å²) in [5.41, 5.74) is -0.367. The first kappa shape index (κ1) is 15.5. The molecule has 0 heterocycles. The van der Waals surface area contributed by atoms with Crippen molar-refractivity contribution in [1.82, 2.24) is 4.90 Å². The van der Waals surface area contributed by atoms with Gasteiger partial charge in [0.15, 0.2) is 0 Å². The van der Waals surface area contributed by atoms with E-state index in [4.69, 9.17) is 5.26 Å². The number of likely N-dealkylation sites (N-methyl/N-ethyl adjacent to an activating group) is 1. The Morgan fingerprint density at radius 2 is 2.11 bits per heavy atom. The van der Waals surface area contributed by atoms with E-state index in [1.165, 1.54) is 16.7 Å². The molecule has 0 aliphatic rings. The molecule has 4 nitrogen and oxygen atoms in total. The Labute approximate surface area is 118 Å². The van der Waals surface area contributed by atoms with Crippen molar-refractivity contribution < 1.29 is 9.90 Å². The highest BCUT2D eigenvalue weighted by Crippen LogP contribution is 2.23. The lowest BCUT2D eigenvalue weighted by atomic mass is 10.1. The van der Waals surface area contributed by atoms with E-state index >= 15 is 0 Å². The van der Waals surface area contributed by atoms with Crippen molar-refractivity contribution in [2.75, 3.05) is 19.3 Å². The van der Waals surface area contributed by atoms with E-state index in [0.717, 1.165) is 4.90 Å². The lowest BCUT2D eigenvalue weighted by Crippen LogP contribution is -2.39. The van der Waals surface area contributed by atoms with Crippen molar-refractivity contribution in [1.29, 1.82) is 5.26 Å². The summed E-state index contributed by atoms with van der Waals surface area (Å²) in [7, 11) is 1.66. The van der Waals surface area contributed by atoms with Crippen molar-refractivity contribution in [2.24, 2.45) is 0 Å². The van der Waals surface area contributed by atoms with Crippen LogP contribution < -0.4 is 0 Å². The second-order valence-corrected chi connectivity index (χ2v) is 5.93. The van der Waals surface area contributed by atoms with Crippen molar-refractivity contribution in [3.8, 4) is 6.07 Å². The predicted molar refractivity (Wildman–Crippen MR) is 76.0 cm³/mol. The summed E-state index contributed by atoms with van der Waals surface area (Å²) >= 11 is 1.34. The van der Waals surface area contributed by atoms with E-state index in [-0.39, 0.29) is 12.5 Å². The third-order valence-corrected chi connectivity index (χ3v) is 3.32. The number of carbonyl (C=O) groups excluding carboxylic acids is 1. The lowest BCUT2D eigenvalue weighted by molar-refractivity contribution is 0.0366. The van der Waals surface area contributed by atoms with Gasteiger partial charge >= 0.3 is 0 Å². The van der Waals surface area contributed by atoms with Gasteiger partial charge in [-0.25, -0.2) is 0 Å². The fourth-order valence-corrected chi connectivity index (χ4v) is 2.44. The molecule has 0 saturated carbocycles. The third-order valence-electron chi connectivity index (χ3n) is 2.38. The Hall–Kier alpha value is -1.51. The van der Waals surface area contributed by atoms with E-state index < -0.39 is 5.60 Å². The number of rotatable bonds is 5. The minimum absolute atomic E-state index is 0.150. The van der Waals surface area contributed by atoms with Crippen LogP contribution in [-0.4, -0.2) is 40.9 Å². The van der Waals surface area contributed by atoms with Crippen molar-refractivity contribution in [3.05, 3.63) is 29.8 Å². The van der Waals surface area contributed by atoms with Crippen molar-refractivity contribution in [3.63, 3.8) is 0 Å². The highest BCUT2D eigenvalue weighted by Gasteiger charge is 2.21. The molecule has 1 amide bonds. The molecule has 1 aromatic rings. The molecule has 0 atom stereocenters. The molecule has 0 aliphatic carbocycles. The molecule has 0 bridgehead atoms. The molecule has 0 saturated heterocycles. The second-order valence-electron chi connectivity index (χ2n) is 4.92. The van der Waals surface area contributed by atoms with Gasteiger partial charge in [0.05, 0.1) is 23.0 Å². The van der Waals surface area contributed by atoms with Gasteiger partial charge in [-0.1, -0.05) is 12.1 Å². The molecule has 0 aliphatic heterocycles. The van der Waals surface area contributed by atoms with Gasteiger partial charge in [0, 0.05) is 18.5 Å². The van der Waals surface area contributed by atoms with Crippen LogP contribution in [0.5, 0.6) is 0 Å². The monoisotopic (exact) mass is 278 g/mol. The van der Waals surface area contributed by atoms with Gasteiger partial charge in [0.1, 0.15) is 0 Å². The Morgan fingerprint density at radius 1 is 1.47 bits per heavy atom. The first-order valence-electron chi connectivity index (χ1n) is 5.92. The molecule has 1 rings (SSSR count). The smallest absolute Gasteiger partial charge is 0.254 e. The van der Waals surface area contributed by atoms with E-state index in [2.05, 4.69) is 0 Å². The Balaban J connectivity index is 2.90. The highest BCUT2D eigenvalue weighted by atomic mass is 32.2. The summed E-state index contributed by atoms with van der Waals surface area (Å²) in [4.78, 5) is 14.6. The number of nitriles is 1. The van der Waals surface area contributed by atoms with Crippen LogP contribution in [0.2, 0.25) is 0 Å². The first-order valence-corrected chi connectivity index (χ1v) is 6.90. The van der Waals surface area contributed by atoms with Crippen LogP contribution in [-0.2, 0) is 0 Å². The van der Waals surface area contributed by atoms with Crippen LogP contribution in [0, 0.1) is 11.3 Å². The Morgan fingerprint density at radius 3 is 2.68 bits per heavy atom. The zero-order chi connectivity index (χ0) is 14.5. The van der Waals surface area contributed by atoms with E-state index in [9.17, 15) is 9.90 Å². The maximum absolute atomic E-state index is 12.3. The molecule has 5 heteroatoms. The maximum Gasteiger partial charge on any atom is 0.254 e. The zero-order valence-electron chi connectivity index (χ0n) is 11.4. The molecule has 1 aromatic carbocycles. The Bertz CT molecular complexity index is 489. The summed E-state index contributed by atoms with van der Waals surface area (Å²) in [6.45, 7) is 3.57. The minimum atomic E-state index is -0.931. The molecule has 0 radical (unpaired) electrons. The van der Waals surface area contributed by atoms with Gasteiger partial charge in [0.2, 0.25) is 0 Å². The van der Waals surface area contributed by atoms with Crippen LogP contribution in [0.4, 0.5) is 0 Å². The van der Waals surface area contributed by atoms with E-state index in [1.54, 1.807) is 33.0 Å². The molecule has 0 aromatic heterocycles. The molecule has 1 N–H and O–H groups in total. The number of aliphatic hydroxyl groups is 1. The second kappa shape index (κ2) is 6.60. The summed E-state index contributed by atoms with van der Waals surface area (Å²) in [5, 5.41) is 18.4. The summed E-state index contributed by atoms with van der Waals surface area (Å²) in [6, 6.07) is 9.25. The number of thioether (sulfide) groups is 1. The van der Waals surface area contributed by atoms with Gasteiger partial charge < -0.3 is 10.0 Å². The summed E-state index contributed by atoms with van der Waals surface area (Å²) in [5.74, 6) is 0.155. The molecule has 19 heavy (non-hydrogen) atoms. The largest absolute Gasteiger partial charge is 0.389 e. The van der Waals surface area contributed by atoms with E-state index in [0.29, 0.717) is 11.3 Å². The molecular weight excluding hydrogens is 260 g/mol. The topological polar surface area (TPSA) is 64.3 Å². The first-order chi connectivity index (χ1) is 8.85. The van der Waals surface area contributed by atoms with Crippen LogP contribution in [0.25, 0.3) is 0 Å². The van der Waals surface area contributed by atoms with Crippen LogP contribution in [0.3, 0.4) is 0 Å².